The third-order valence-corrected chi connectivity index (χ3v) is 3.28. The fraction of sp³-hybridized carbons (Fsp3) is 0.600. The summed E-state index contributed by atoms with van der Waals surface area (Å²) >= 11 is 0. The summed E-state index contributed by atoms with van der Waals surface area (Å²) in [5, 5.41) is 2.83. The maximum absolute atomic E-state index is 12.0. The van der Waals surface area contributed by atoms with Gasteiger partial charge in [-0.1, -0.05) is 0 Å². The molecule has 2 rings (SSSR count). The molecule has 0 bridgehead atoms. The highest BCUT2D eigenvalue weighted by Crippen LogP contribution is 2.19. The van der Waals surface area contributed by atoms with E-state index in [-0.39, 0.29) is 17.9 Å². The minimum absolute atomic E-state index is 0.230. The molecule has 1 aromatic heterocycles. The van der Waals surface area contributed by atoms with Gasteiger partial charge in [0, 0.05) is 32.0 Å². The zero-order valence-corrected chi connectivity index (χ0v) is 13.2. The van der Waals surface area contributed by atoms with E-state index in [4.69, 9.17) is 4.74 Å². The summed E-state index contributed by atoms with van der Waals surface area (Å²) in [6, 6.07) is 0. The molecular formula is C15H22N4O3. The van der Waals surface area contributed by atoms with Gasteiger partial charge in [-0.3, -0.25) is 9.78 Å². The van der Waals surface area contributed by atoms with Gasteiger partial charge in [0.05, 0.1) is 6.20 Å². The second-order valence-corrected chi connectivity index (χ2v) is 6.38. The van der Waals surface area contributed by atoms with E-state index in [1.54, 1.807) is 4.90 Å². The van der Waals surface area contributed by atoms with E-state index < -0.39 is 5.60 Å². The standard InChI is InChI=1S/C15H22N4O3/c1-15(2,3)22-14(21)19-7-4-11(10-19)8-18-13(20)12-9-16-5-6-17-12/h5-6,9,11H,4,7-8,10H2,1-3H3,(H,18,20)/t11-/m1/s1. The normalized spacial score (nSPS) is 18.1. The third-order valence-electron chi connectivity index (χ3n) is 3.28. The monoisotopic (exact) mass is 306 g/mol. The minimum Gasteiger partial charge on any atom is -0.444 e. The molecule has 1 N–H and O–H groups in total. The third kappa shape index (κ3) is 4.68. The molecule has 0 aliphatic carbocycles. The number of hydrogen-bond donors (Lipinski definition) is 1. The average Bonchev–Trinajstić information content (AvgIpc) is 2.93. The van der Waals surface area contributed by atoms with Crippen LogP contribution in [-0.4, -0.2) is 52.1 Å². The molecule has 22 heavy (non-hydrogen) atoms. The smallest absolute Gasteiger partial charge is 0.410 e. The predicted molar refractivity (Wildman–Crippen MR) is 80.3 cm³/mol. The van der Waals surface area contributed by atoms with Crippen molar-refractivity contribution in [1.29, 1.82) is 0 Å². The number of rotatable bonds is 3. The molecule has 1 aliphatic heterocycles. The first-order valence-corrected chi connectivity index (χ1v) is 7.37. The van der Waals surface area contributed by atoms with Crippen LogP contribution in [0.3, 0.4) is 0 Å². The molecule has 7 nitrogen and oxygen atoms in total. The van der Waals surface area contributed by atoms with E-state index in [2.05, 4.69) is 15.3 Å². The van der Waals surface area contributed by atoms with Crippen LogP contribution in [0.2, 0.25) is 0 Å². The quantitative estimate of drug-likeness (QED) is 0.914. The lowest BCUT2D eigenvalue weighted by Gasteiger charge is -2.24. The summed E-state index contributed by atoms with van der Waals surface area (Å²) in [6.07, 6.45) is 4.98. The SMILES string of the molecule is CC(C)(C)OC(=O)N1CC[C@H](CNC(=O)c2cnccn2)C1. The summed E-state index contributed by atoms with van der Waals surface area (Å²) in [5.74, 6) is -0.0167. The van der Waals surface area contributed by atoms with Crippen LogP contribution in [-0.2, 0) is 4.74 Å². The average molecular weight is 306 g/mol. The van der Waals surface area contributed by atoms with E-state index in [1.165, 1.54) is 18.6 Å². The van der Waals surface area contributed by atoms with Crippen molar-refractivity contribution in [3.63, 3.8) is 0 Å². The van der Waals surface area contributed by atoms with Crippen LogP contribution in [0.25, 0.3) is 0 Å². The van der Waals surface area contributed by atoms with Crippen molar-refractivity contribution in [3.8, 4) is 0 Å². The number of carbonyl (C=O) groups excluding carboxylic acids is 2. The Balaban J connectivity index is 1.77. The van der Waals surface area contributed by atoms with E-state index in [0.717, 1.165) is 6.42 Å². The topological polar surface area (TPSA) is 84.4 Å². The van der Waals surface area contributed by atoms with Crippen molar-refractivity contribution < 1.29 is 14.3 Å². The first-order chi connectivity index (χ1) is 10.3. The van der Waals surface area contributed by atoms with Gasteiger partial charge >= 0.3 is 6.09 Å². The Morgan fingerprint density at radius 1 is 1.41 bits per heavy atom. The molecule has 0 unspecified atom stereocenters. The second-order valence-electron chi connectivity index (χ2n) is 6.38. The Morgan fingerprint density at radius 3 is 2.82 bits per heavy atom. The molecule has 0 saturated carbocycles. The Morgan fingerprint density at radius 2 is 2.18 bits per heavy atom. The molecule has 2 heterocycles. The van der Waals surface area contributed by atoms with Gasteiger partial charge in [0.2, 0.25) is 0 Å². The van der Waals surface area contributed by atoms with Crippen LogP contribution in [0.5, 0.6) is 0 Å². The van der Waals surface area contributed by atoms with Crippen LogP contribution in [0.4, 0.5) is 4.79 Å². The fourth-order valence-electron chi connectivity index (χ4n) is 2.24. The Kier molecular flexibility index (Phi) is 4.95. The van der Waals surface area contributed by atoms with Crippen molar-refractivity contribution >= 4 is 12.0 Å². The first-order valence-electron chi connectivity index (χ1n) is 7.37. The van der Waals surface area contributed by atoms with E-state index >= 15 is 0 Å². The number of nitrogens with one attached hydrogen (secondary N) is 1. The van der Waals surface area contributed by atoms with E-state index in [0.29, 0.717) is 25.3 Å². The van der Waals surface area contributed by atoms with Gasteiger partial charge in [-0.15, -0.1) is 0 Å². The highest BCUT2D eigenvalue weighted by Gasteiger charge is 2.29. The maximum atomic E-state index is 12.0. The van der Waals surface area contributed by atoms with E-state index in [1.807, 2.05) is 20.8 Å². The number of hydrogen-bond acceptors (Lipinski definition) is 5. The van der Waals surface area contributed by atoms with Gasteiger partial charge in [-0.05, 0) is 33.1 Å². The van der Waals surface area contributed by atoms with Crippen molar-refractivity contribution in [1.82, 2.24) is 20.2 Å². The van der Waals surface area contributed by atoms with Gasteiger partial charge in [-0.25, -0.2) is 9.78 Å². The molecule has 7 heteroatoms. The van der Waals surface area contributed by atoms with Crippen LogP contribution in [0.15, 0.2) is 18.6 Å². The molecule has 0 radical (unpaired) electrons. The Hall–Kier alpha value is -2.18. The summed E-state index contributed by atoms with van der Waals surface area (Å²) < 4.78 is 5.35. The van der Waals surface area contributed by atoms with E-state index in [9.17, 15) is 9.59 Å². The number of aromatic nitrogens is 2. The zero-order chi connectivity index (χ0) is 16.2. The molecule has 120 valence electrons. The molecule has 0 spiro atoms. The number of ether oxygens (including phenoxy) is 1. The van der Waals surface area contributed by atoms with Gasteiger partial charge in [0.1, 0.15) is 11.3 Å². The summed E-state index contributed by atoms with van der Waals surface area (Å²) in [4.78, 5) is 33.3. The zero-order valence-electron chi connectivity index (χ0n) is 13.2. The Labute approximate surface area is 130 Å². The Bertz CT molecular complexity index is 527. The van der Waals surface area contributed by atoms with Crippen LogP contribution >= 0.6 is 0 Å². The van der Waals surface area contributed by atoms with Crippen LogP contribution in [0.1, 0.15) is 37.7 Å². The lowest BCUT2D eigenvalue weighted by atomic mass is 10.1. The molecule has 1 fully saturated rings. The molecule has 1 atom stereocenters. The minimum atomic E-state index is -0.491. The van der Waals surface area contributed by atoms with Crippen molar-refractivity contribution in [2.45, 2.75) is 32.8 Å². The number of carbonyl (C=O) groups is 2. The summed E-state index contributed by atoms with van der Waals surface area (Å²) in [7, 11) is 0. The lowest BCUT2D eigenvalue weighted by molar-refractivity contribution is 0.0288. The molecule has 0 aromatic carbocycles. The number of nitrogens with zero attached hydrogens (tertiary/aromatic N) is 3. The molecule has 2 amide bonds. The van der Waals surface area contributed by atoms with Crippen molar-refractivity contribution in [2.75, 3.05) is 19.6 Å². The predicted octanol–water partition coefficient (Wildman–Crippen LogP) is 1.46. The maximum Gasteiger partial charge on any atom is 0.410 e. The summed E-state index contributed by atoms with van der Waals surface area (Å²) in [5.41, 5.74) is -0.195. The van der Waals surface area contributed by atoms with Crippen LogP contribution < -0.4 is 5.32 Å². The van der Waals surface area contributed by atoms with Gasteiger partial charge in [0.15, 0.2) is 0 Å². The highest BCUT2D eigenvalue weighted by atomic mass is 16.6. The van der Waals surface area contributed by atoms with Gasteiger partial charge in [-0.2, -0.15) is 0 Å². The molecule has 1 aliphatic rings. The summed E-state index contributed by atoms with van der Waals surface area (Å²) in [6.45, 7) is 7.30. The van der Waals surface area contributed by atoms with Crippen molar-refractivity contribution in [2.24, 2.45) is 5.92 Å². The lowest BCUT2D eigenvalue weighted by Crippen LogP contribution is -2.36. The molecule has 1 saturated heterocycles. The molecular weight excluding hydrogens is 284 g/mol. The second kappa shape index (κ2) is 6.72. The number of amides is 2. The van der Waals surface area contributed by atoms with Gasteiger partial charge < -0.3 is 15.0 Å². The van der Waals surface area contributed by atoms with Crippen molar-refractivity contribution in [3.05, 3.63) is 24.3 Å². The highest BCUT2D eigenvalue weighted by molar-refractivity contribution is 5.91. The number of likely N-dealkylation sites (tertiary alicyclic amines) is 1. The van der Waals surface area contributed by atoms with Crippen LogP contribution in [0, 0.1) is 5.92 Å². The first kappa shape index (κ1) is 16.2. The fourth-order valence-corrected chi connectivity index (χ4v) is 2.24. The largest absolute Gasteiger partial charge is 0.444 e. The van der Waals surface area contributed by atoms with Gasteiger partial charge in [0.25, 0.3) is 5.91 Å². The molecule has 1 aromatic rings.